The second-order valence-electron chi connectivity index (χ2n) is 5.67. The smallest absolute Gasteiger partial charge is 0.245 e. The Bertz CT molecular complexity index is 596. The van der Waals surface area contributed by atoms with Crippen LogP contribution in [0.15, 0.2) is 22.7 Å². The molecule has 2 aromatic rings. The maximum absolute atomic E-state index is 5.74. The minimum absolute atomic E-state index is 0.646. The zero-order valence-electron chi connectivity index (χ0n) is 12.1. The fraction of sp³-hybridized carbons (Fsp3) is 0.467. The number of benzene rings is 1. The Labute approximate surface area is 133 Å². The van der Waals surface area contributed by atoms with Gasteiger partial charge in [0.25, 0.3) is 0 Å². The first-order valence-electron chi connectivity index (χ1n) is 7.30. The molecule has 0 aliphatic carbocycles. The van der Waals surface area contributed by atoms with Gasteiger partial charge < -0.3 is 10.6 Å². The molecule has 0 saturated carbocycles. The first-order chi connectivity index (χ1) is 10.2. The van der Waals surface area contributed by atoms with Crippen molar-refractivity contribution in [3.63, 3.8) is 0 Å². The summed E-state index contributed by atoms with van der Waals surface area (Å²) in [6.07, 6.45) is 2.24. The number of aryl methyl sites for hydroxylation is 1. The summed E-state index contributed by atoms with van der Waals surface area (Å²) < 4.78 is 1.05. The van der Waals surface area contributed by atoms with Crippen LogP contribution in [-0.4, -0.2) is 34.8 Å². The van der Waals surface area contributed by atoms with Crippen molar-refractivity contribution in [2.45, 2.75) is 19.8 Å². The van der Waals surface area contributed by atoms with E-state index in [4.69, 9.17) is 5.73 Å². The lowest BCUT2D eigenvalue weighted by Gasteiger charge is -2.30. The summed E-state index contributed by atoms with van der Waals surface area (Å²) in [4.78, 5) is 6.88. The van der Waals surface area contributed by atoms with Crippen molar-refractivity contribution in [3.8, 4) is 11.4 Å². The van der Waals surface area contributed by atoms with Crippen molar-refractivity contribution in [1.82, 2.24) is 15.2 Å². The van der Waals surface area contributed by atoms with E-state index in [-0.39, 0.29) is 0 Å². The highest BCUT2D eigenvalue weighted by molar-refractivity contribution is 9.10. The second kappa shape index (κ2) is 6.15. The predicted octanol–water partition coefficient (Wildman–Crippen LogP) is 2.72. The van der Waals surface area contributed by atoms with Crippen LogP contribution in [0, 0.1) is 12.8 Å². The average molecular weight is 350 g/mol. The molecule has 1 fully saturated rings. The van der Waals surface area contributed by atoms with Gasteiger partial charge in [-0.25, -0.2) is 0 Å². The molecule has 5 nitrogen and oxygen atoms in total. The van der Waals surface area contributed by atoms with Crippen molar-refractivity contribution < 1.29 is 0 Å². The third-order valence-corrected chi connectivity index (χ3v) is 4.48. The molecule has 112 valence electrons. The van der Waals surface area contributed by atoms with Gasteiger partial charge in [-0.05, 0) is 56.0 Å². The molecule has 1 aromatic heterocycles. The number of nitrogens with two attached hydrogens (primary N) is 1. The standard InChI is InChI=1S/C15H20BrN5/c1-10-6-12(8-13(16)7-10)14-18-15(20-19-14)21-4-2-11(9-17)3-5-21/h6-8,11H,2-5,9,17H2,1H3,(H,18,19,20). The highest BCUT2D eigenvalue weighted by Crippen LogP contribution is 2.25. The topological polar surface area (TPSA) is 70.8 Å². The quantitative estimate of drug-likeness (QED) is 0.893. The van der Waals surface area contributed by atoms with Crippen molar-refractivity contribution in [2.24, 2.45) is 11.7 Å². The van der Waals surface area contributed by atoms with Crippen LogP contribution in [0.4, 0.5) is 5.95 Å². The van der Waals surface area contributed by atoms with E-state index in [1.165, 1.54) is 5.56 Å². The Kier molecular flexibility index (Phi) is 4.26. The van der Waals surface area contributed by atoms with Crippen LogP contribution >= 0.6 is 15.9 Å². The zero-order chi connectivity index (χ0) is 14.8. The fourth-order valence-corrected chi connectivity index (χ4v) is 3.37. The van der Waals surface area contributed by atoms with Crippen molar-refractivity contribution in [2.75, 3.05) is 24.5 Å². The first-order valence-corrected chi connectivity index (χ1v) is 8.10. The van der Waals surface area contributed by atoms with Gasteiger partial charge >= 0.3 is 0 Å². The molecule has 0 bridgehead atoms. The molecule has 3 rings (SSSR count). The molecule has 0 radical (unpaired) electrons. The lowest BCUT2D eigenvalue weighted by Crippen LogP contribution is -2.36. The molecule has 0 amide bonds. The number of halogens is 1. The summed E-state index contributed by atoms with van der Waals surface area (Å²) in [5.41, 5.74) is 7.98. The van der Waals surface area contributed by atoms with E-state index in [9.17, 15) is 0 Å². The molecule has 0 spiro atoms. The van der Waals surface area contributed by atoms with Crippen molar-refractivity contribution in [1.29, 1.82) is 0 Å². The summed E-state index contributed by atoms with van der Waals surface area (Å²) in [7, 11) is 0. The van der Waals surface area contributed by atoms with Gasteiger partial charge in [0.15, 0.2) is 5.82 Å². The van der Waals surface area contributed by atoms with Crippen molar-refractivity contribution in [3.05, 3.63) is 28.2 Å². The van der Waals surface area contributed by atoms with E-state index in [0.717, 1.165) is 54.3 Å². The monoisotopic (exact) mass is 349 g/mol. The molecular formula is C15H20BrN5. The van der Waals surface area contributed by atoms with Gasteiger partial charge in [-0.1, -0.05) is 15.9 Å². The number of nitrogens with one attached hydrogen (secondary N) is 1. The maximum atomic E-state index is 5.74. The number of nitrogens with zero attached hydrogens (tertiary/aromatic N) is 3. The highest BCUT2D eigenvalue weighted by atomic mass is 79.9. The maximum Gasteiger partial charge on any atom is 0.245 e. The molecule has 3 N–H and O–H groups in total. The van der Waals surface area contributed by atoms with E-state index in [1.54, 1.807) is 0 Å². The van der Waals surface area contributed by atoms with Crippen LogP contribution in [0.25, 0.3) is 11.4 Å². The minimum atomic E-state index is 0.646. The second-order valence-corrected chi connectivity index (χ2v) is 6.58. The van der Waals surface area contributed by atoms with E-state index in [2.05, 4.69) is 61.1 Å². The minimum Gasteiger partial charge on any atom is -0.340 e. The van der Waals surface area contributed by atoms with Gasteiger partial charge in [-0.2, -0.15) is 4.98 Å². The molecule has 21 heavy (non-hydrogen) atoms. The molecule has 1 aliphatic rings. The van der Waals surface area contributed by atoms with Crippen LogP contribution < -0.4 is 10.6 Å². The van der Waals surface area contributed by atoms with Gasteiger partial charge in [-0.3, -0.25) is 5.10 Å². The molecule has 0 unspecified atom stereocenters. The van der Waals surface area contributed by atoms with Crippen LogP contribution in [0.3, 0.4) is 0 Å². The number of hydrogen-bond acceptors (Lipinski definition) is 4. The molecule has 0 atom stereocenters. The Morgan fingerprint density at radius 3 is 2.76 bits per heavy atom. The molecule has 1 saturated heterocycles. The van der Waals surface area contributed by atoms with Gasteiger partial charge in [0, 0.05) is 23.1 Å². The molecule has 2 heterocycles. The molecule has 1 aliphatic heterocycles. The number of hydrogen-bond donors (Lipinski definition) is 2. The first kappa shape index (κ1) is 14.5. The third kappa shape index (κ3) is 3.27. The van der Waals surface area contributed by atoms with Gasteiger partial charge in [0.2, 0.25) is 5.95 Å². The van der Waals surface area contributed by atoms with E-state index >= 15 is 0 Å². The molecule has 6 heteroatoms. The lowest BCUT2D eigenvalue weighted by molar-refractivity contribution is 0.411. The number of aromatic nitrogens is 3. The van der Waals surface area contributed by atoms with Gasteiger partial charge in [0.05, 0.1) is 0 Å². The van der Waals surface area contributed by atoms with Crippen LogP contribution in [0.2, 0.25) is 0 Å². The van der Waals surface area contributed by atoms with Crippen LogP contribution in [-0.2, 0) is 0 Å². The summed E-state index contributed by atoms with van der Waals surface area (Å²) in [5, 5.41) is 7.42. The summed E-state index contributed by atoms with van der Waals surface area (Å²) >= 11 is 3.52. The number of H-pyrrole nitrogens is 1. The number of rotatable bonds is 3. The summed E-state index contributed by atoms with van der Waals surface area (Å²) in [5.74, 6) is 2.25. The SMILES string of the molecule is Cc1cc(Br)cc(-c2nc(N3CCC(CN)CC3)n[nH]2)c1. The zero-order valence-corrected chi connectivity index (χ0v) is 13.7. The molecular weight excluding hydrogens is 330 g/mol. The van der Waals surface area contributed by atoms with E-state index in [0.29, 0.717) is 5.92 Å². The lowest BCUT2D eigenvalue weighted by atomic mass is 9.97. The van der Waals surface area contributed by atoms with Gasteiger partial charge in [-0.15, -0.1) is 5.10 Å². The normalized spacial score (nSPS) is 16.4. The Morgan fingerprint density at radius 1 is 1.33 bits per heavy atom. The van der Waals surface area contributed by atoms with E-state index in [1.807, 2.05) is 0 Å². The Balaban J connectivity index is 1.77. The largest absolute Gasteiger partial charge is 0.340 e. The third-order valence-electron chi connectivity index (χ3n) is 4.02. The highest BCUT2D eigenvalue weighted by Gasteiger charge is 2.21. The predicted molar refractivity (Wildman–Crippen MR) is 88.2 cm³/mol. The van der Waals surface area contributed by atoms with Crippen molar-refractivity contribution >= 4 is 21.9 Å². The van der Waals surface area contributed by atoms with Crippen LogP contribution in [0.5, 0.6) is 0 Å². The summed E-state index contributed by atoms with van der Waals surface area (Å²) in [6.45, 7) is 4.82. The van der Waals surface area contributed by atoms with Crippen LogP contribution in [0.1, 0.15) is 18.4 Å². The fourth-order valence-electron chi connectivity index (χ4n) is 2.77. The summed E-state index contributed by atoms with van der Waals surface area (Å²) in [6, 6.07) is 6.24. The number of aromatic amines is 1. The molecule has 1 aromatic carbocycles. The Hall–Kier alpha value is -1.40. The van der Waals surface area contributed by atoms with Gasteiger partial charge in [0.1, 0.15) is 0 Å². The average Bonchev–Trinajstić information content (AvgIpc) is 2.96. The number of piperidine rings is 1. The Morgan fingerprint density at radius 2 is 2.10 bits per heavy atom. The number of anilines is 1. The van der Waals surface area contributed by atoms with E-state index < -0.39 is 0 Å².